The minimum Gasteiger partial charge on any atom is -0.469 e. The van der Waals surface area contributed by atoms with E-state index in [9.17, 15) is 9.59 Å². The number of hydrogen-bond acceptors (Lipinski definition) is 4. The Balaban J connectivity index is 1.90. The Hall–Kier alpha value is -1.32. The lowest BCUT2D eigenvalue weighted by Gasteiger charge is -2.33. The molecule has 0 saturated heterocycles. The van der Waals surface area contributed by atoms with Gasteiger partial charge in [0.1, 0.15) is 0 Å². The highest BCUT2D eigenvalue weighted by atomic mass is 16.5. The smallest absolute Gasteiger partial charge is 0.309 e. The molecule has 2 bridgehead atoms. The molecule has 104 valence electrons. The van der Waals surface area contributed by atoms with E-state index in [2.05, 4.69) is 0 Å². The maximum absolute atomic E-state index is 11.9. The Bertz CT molecular complexity index is 411. The number of ether oxygens (including phenoxy) is 2. The molecule has 0 heterocycles. The van der Waals surface area contributed by atoms with Crippen LogP contribution in [0.1, 0.15) is 32.1 Å². The molecule has 0 aromatic carbocycles. The molecule has 0 aromatic heterocycles. The van der Waals surface area contributed by atoms with E-state index >= 15 is 0 Å². The zero-order valence-corrected chi connectivity index (χ0v) is 11.5. The zero-order valence-electron chi connectivity index (χ0n) is 11.5. The summed E-state index contributed by atoms with van der Waals surface area (Å²) in [5.41, 5.74) is 2.90. The Morgan fingerprint density at radius 3 is 1.68 bits per heavy atom. The molecule has 4 unspecified atom stereocenters. The van der Waals surface area contributed by atoms with Crippen molar-refractivity contribution < 1.29 is 19.1 Å². The van der Waals surface area contributed by atoms with E-state index in [1.54, 1.807) is 0 Å². The molecular formula is C15H20O4. The maximum atomic E-state index is 11.9. The highest BCUT2D eigenvalue weighted by Crippen LogP contribution is 2.55. The molecule has 4 atom stereocenters. The van der Waals surface area contributed by atoms with Gasteiger partial charge in [0.2, 0.25) is 0 Å². The second kappa shape index (κ2) is 4.66. The highest BCUT2D eigenvalue weighted by Gasteiger charge is 2.48. The number of carbonyl (C=O) groups is 2. The average Bonchev–Trinajstić information content (AvgIpc) is 3.05. The van der Waals surface area contributed by atoms with Crippen molar-refractivity contribution in [2.75, 3.05) is 14.2 Å². The summed E-state index contributed by atoms with van der Waals surface area (Å²) in [4.78, 5) is 23.9. The number of methoxy groups -OCH3 is 2. The first-order chi connectivity index (χ1) is 9.15. The fraction of sp³-hybridized carbons (Fsp3) is 0.733. The quantitative estimate of drug-likeness (QED) is 0.566. The lowest BCUT2D eigenvalue weighted by molar-refractivity contribution is -0.158. The van der Waals surface area contributed by atoms with Crippen LogP contribution in [0.3, 0.4) is 0 Å². The molecule has 19 heavy (non-hydrogen) atoms. The van der Waals surface area contributed by atoms with Gasteiger partial charge in [0.15, 0.2) is 0 Å². The SMILES string of the molecule is COC(=O)C1CC2=C(CC1C(=O)OC)C1CCC2C1. The van der Waals surface area contributed by atoms with Crippen LogP contribution < -0.4 is 0 Å². The first-order valence-corrected chi connectivity index (χ1v) is 7.03. The summed E-state index contributed by atoms with van der Waals surface area (Å²) in [6.45, 7) is 0. The number of allylic oxidation sites excluding steroid dienone is 2. The fourth-order valence-electron chi connectivity index (χ4n) is 4.29. The topological polar surface area (TPSA) is 52.6 Å². The highest BCUT2D eigenvalue weighted by molar-refractivity contribution is 5.83. The molecule has 1 fully saturated rings. The van der Waals surface area contributed by atoms with Crippen molar-refractivity contribution in [1.29, 1.82) is 0 Å². The van der Waals surface area contributed by atoms with E-state index in [0.29, 0.717) is 24.7 Å². The molecule has 0 radical (unpaired) electrons. The number of carbonyl (C=O) groups excluding carboxylic acids is 2. The van der Waals surface area contributed by atoms with Crippen LogP contribution in [0, 0.1) is 23.7 Å². The van der Waals surface area contributed by atoms with E-state index in [4.69, 9.17) is 9.47 Å². The van der Waals surface area contributed by atoms with Crippen LogP contribution in [-0.4, -0.2) is 26.2 Å². The van der Waals surface area contributed by atoms with Gasteiger partial charge in [-0.1, -0.05) is 11.1 Å². The molecule has 3 rings (SSSR count). The second-order valence-corrected chi connectivity index (χ2v) is 5.92. The van der Waals surface area contributed by atoms with Crippen molar-refractivity contribution in [3.8, 4) is 0 Å². The molecule has 3 aliphatic carbocycles. The average molecular weight is 264 g/mol. The van der Waals surface area contributed by atoms with Gasteiger partial charge in [-0.2, -0.15) is 0 Å². The van der Waals surface area contributed by atoms with Gasteiger partial charge in [0.05, 0.1) is 26.1 Å². The standard InChI is InChI=1S/C15H20O4/c1-18-14(16)12-6-10-8-3-4-9(5-8)11(10)7-13(12)15(17)19-2/h8-9,12-13H,3-7H2,1-2H3. The minimum atomic E-state index is -0.351. The Kier molecular flexibility index (Phi) is 3.11. The van der Waals surface area contributed by atoms with Crippen LogP contribution in [0.25, 0.3) is 0 Å². The van der Waals surface area contributed by atoms with Gasteiger partial charge < -0.3 is 9.47 Å². The summed E-state index contributed by atoms with van der Waals surface area (Å²) in [6.07, 6.45) is 5.12. The van der Waals surface area contributed by atoms with Crippen molar-refractivity contribution in [1.82, 2.24) is 0 Å². The lowest BCUT2D eigenvalue weighted by atomic mass is 9.71. The van der Waals surface area contributed by atoms with E-state index in [0.717, 1.165) is 0 Å². The predicted molar refractivity (Wildman–Crippen MR) is 68.1 cm³/mol. The van der Waals surface area contributed by atoms with E-state index in [1.165, 1.54) is 44.6 Å². The number of fused-ring (bicyclic) bond motifs is 4. The van der Waals surface area contributed by atoms with Gasteiger partial charge in [0, 0.05) is 0 Å². The zero-order chi connectivity index (χ0) is 13.6. The minimum absolute atomic E-state index is 0.273. The molecule has 4 heteroatoms. The van der Waals surface area contributed by atoms with Crippen LogP contribution in [0.2, 0.25) is 0 Å². The van der Waals surface area contributed by atoms with E-state index in [1.807, 2.05) is 0 Å². The Morgan fingerprint density at radius 1 is 0.895 bits per heavy atom. The van der Waals surface area contributed by atoms with Crippen molar-refractivity contribution in [3.63, 3.8) is 0 Å². The van der Waals surface area contributed by atoms with Crippen LogP contribution in [0.5, 0.6) is 0 Å². The third-order valence-corrected chi connectivity index (χ3v) is 5.20. The normalized spacial score (nSPS) is 36.1. The monoisotopic (exact) mass is 264 g/mol. The molecule has 0 aliphatic heterocycles. The van der Waals surface area contributed by atoms with Crippen LogP contribution in [0.15, 0.2) is 11.1 Å². The molecule has 4 nitrogen and oxygen atoms in total. The van der Waals surface area contributed by atoms with Gasteiger partial charge in [-0.3, -0.25) is 9.59 Å². The van der Waals surface area contributed by atoms with Crippen LogP contribution in [0.4, 0.5) is 0 Å². The maximum Gasteiger partial charge on any atom is 0.309 e. The van der Waals surface area contributed by atoms with Crippen molar-refractivity contribution >= 4 is 11.9 Å². The Morgan fingerprint density at radius 2 is 1.32 bits per heavy atom. The van der Waals surface area contributed by atoms with E-state index < -0.39 is 0 Å². The van der Waals surface area contributed by atoms with Crippen LogP contribution in [-0.2, 0) is 19.1 Å². The molecule has 0 amide bonds. The first-order valence-electron chi connectivity index (χ1n) is 7.03. The van der Waals surface area contributed by atoms with Crippen LogP contribution >= 0.6 is 0 Å². The largest absolute Gasteiger partial charge is 0.469 e. The third kappa shape index (κ3) is 1.88. The predicted octanol–water partition coefficient (Wildman–Crippen LogP) is 2.09. The van der Waals surface area contributed by atoms with Gasteiger partial charge in [-0.15, -0.1) is 0 Å². The first kappa shape index (κ1) is 12.7. The third-order valence-electron chi connectivity index (χ3n) is 5.20. The van der Waals surface area contributed by atoms with Crippen molar-refractivity contribution in [3.05, 3.63) is 11.1 Å². The lowest BCUT2D eigenvalue weighted by Crippen LogP contribution is -2.36. The fourth-order valence-corrected chi connectivity index (χ4v) is 4.29. The van der Waals surface area contributed by atoms with Crippen molar-refractivity contribution in [2.45, 2.75) is 32.1 Å². The van der Waals surface area contributed by atoms with Gasteiger partial charge in [-0.25, -0.2) is 0 Å². The van der Waals surface area contributed by atoms with Gasteiger partial charge in [-0.05, 0) is 43.9 Å². The van der Waals surface area contributed by atoms with Gasteiger partial charge in [0.25, 0.3) is 0 Å². The summed E-state index contributed by atoms with van der Waals surface area (Å²) < 4.78 is 9.75. The van der Waals surface area contributed by atoms with Gasteiger partial charge >= 0.3 is 11.9 Å². The molecular weight excluding hydrogens is 244 g/mol. The Labute approximate surface area is 113 Å². The number of rotatable bonds is 2. The number of hydrogen-bond donors (Lipinski definition) is 0. The van der Waals surface area contributed by atoms with Crippen molar-refractivity contribution in [2.24, 2.45) is 23.7 Å². The summed E-state index contributed by atoms with van der Waals surface area (Å²) in [6, 6.07) is 0. The molecule has 0 N–H and O–H groups in total. The summed E-state index contributed by atoms with van der Waals surface area (Å²) in [7, 11) is 2.78. The molecule has 0 aromatic rings. The number of esters is 2. The molecule has 0 spiro atoms. The summed E-state index contributed by atoms with van der Waals surface area (Å²) in [5.74, 6) is 0.0667. The molecule has 3 aliphatic rings. The second-order valence-electron chi connectivity index (χ2n) is 5.92. The molecule has 1 saturated carbocycles. The summed E-state index contributed by atoms with van der Waals surface area (Å²) in [5, 5.41) is 0. The summed E-state index contributed by atoms with van der Waals surface area (Å²) >= 11 is 0. The van der Waals surface area contributed by atoms with E-state index in [-0.39, 0.29) is 23.8 Å².